The lowest BCUT2D eigenvalue weighted by molar-refractivity contribution is 0.141. The minimum absolute atomic E-state index is 0.249. The van der Waals surface area contributed by atoms with E-state index >= 15 is 0 Å². The third-order valence-electron chi connectivity index (χ3n) is 5.36. The van der Waals surface area contributed by atoms with Gasteiger partial charge >= 0.3 is 0 Å². The second kappa shape index (κ2) is 8.40. The summed E-state index contributed by atoms with van der Waals surface area (Å²) >= 11 is 0. The topological polar surface area (TPSA) is 36.4 Å². The van der Waals surface area contributed by atoms with Gasteiger partial charge in [-0.3, -0.25) is 0 Å². The highest BCUT2D eigenvalue weighted by molar-refractivity contribution is 7.18. The van der Waals surface area contributed by atoms with E-state index in [0.29, 0.717) is 11.9 Å². The third-order valence-corrected chi connectivity index (χ3v) is 5.67. The highest BCUT2D eigenvalue weighted by Crippen LogP contribution is 2.44. The Kier molecular flexibility index (Phi) is 6.17. The molecule has 5 unspecified atom stereocenters. The smallest absolute Gasteiger partial charge is 0.298 e. The molecule has 2 fully saturated rings. The van der Waals surface area contributed by atoms with Crippen LogP contribution in [0.5, 0.6) is 0 Å². The van der Waals surface area contributed by atoms with Crippen molar-refractivity contribution in [3.63, 3.8) is 0 Å². The van der Waals surface area contributed by atoms with Gasteiger partial charge in [-0.2, -0.15) is 8.78 Å². The van der Waals surface area contributed by atoms with Crippen LogP contribution in [0.1, 0.15) is 32.6 Å². The van der Waals surface area contributed by atoms with E-state index in [1.54, 1.807) is 12.2 Å². The van der Waals surface area contributed by atoms with E-state index in [2.05, 4.69) is 34.2 Å². The number of nitrogens with one attached hydrogen (secondary N) is 2. The number of rotatable bonds is 6. The van der Waals surface area contributed by atoms with Crippen molar-refractivity contribution in [3.05, 3.63) is 48.5 Å². The average molecular weight is 389 g/mol. The monoisotopic (exact) mass is 389 g/mol. The van der Waals surface area contributed by atoms with Crippen LogP contribution in [-0.2, 0) is 0 Å². The number of fused-ring (bicyclic) bond motifs is 2. The number of nitrogens with zero attached hydrogens (tertiary/aromatic N) is 1. The maximum atomic E-state index is 13.4. The van der Waals surface area contributed by atoms with Crippen LogP contribution < -0.4 is 10.6 Å². The van der Waals surface area contributed by atoms with Crippen LogP contribution in [0.25, 0.3) is 0 Å². The summed E-state index contributed by atoms with van der Waals surface area (Å²) in [6.45, 7) is 5.98. The van der Waals surface area contributed by atoms with Gasteiger partial charge < -0.3 is 10.6 Å². The Bertz CT molecular complexity index is 765. The normalized spacial score (nSPS) is 32.1. The predicted molar refractivity (Wildman–Crippen MR) is 110 cm³/mol. The Hall–Kier alpha value is -1.92. The second-order valence-electron chi connectivity index (χ2n) is 7.37. The highest BCUT2D eigenvalue weighted by Gasteiger charge is 2.39. The largest absolute Gasteiger partial charge is 0.368 e. The lowest BCUT2D eigenvalue weighted by Gasteiger charge is -2.24. The molecule has 1 aliphatic heterocycles. The Labute approximate surface area is 162 Å². The molecule has 3 rings (SSSR count). The summed E-state index contributed by atoms with van der Waals surface area (Å²) in [7, 11) is 1.51. The summed E-state index contributed by atoms with van der Waals surface area (Å²) in [5.41, 5.74) is -2.55. The molecule has 2 bridgehead atoms. The van der Waals surface area contributed by atoms with E-state index < -0.39 is 5.66 Å². The second-order valence-corrected chi connectivity index (χ2v) is 8.09. The molecule has 0 spiro atoms. The van der Waals surface area contributed by atoms with Crippen LogP contribution in [0.15, 0.2) is 53.5 Å². The Morgan fingerprint density at radius 2 is 2.26 bits per heavy atom. The predicted octanol–water partition coefficient (Wildman–Crippen LogP) is 4.34. The van der Waals surface area contributed by atoms with E-state index in [9.17, 15) is 8.78 Å². The van der Waals surface area contributed by atoms with Gasteiger partial charge in [0.1, 0.15) is 5.82 Å². The van der Waals surface area contributed by atoms with Crippen molar-refractivity contribution in [2.24, 2.45) is 22.7 Å². The van der Waals surface area contributed by atoms with Crippen LogP contribution in [0.3, 0.4) is 0 Å². The molecular weight excluding hydrogens is 363 g/mol. The summed E-state index contributed by atoms with van der Waals surface area (Å²) in [5, 5.41) is 5.96. The standard InChI is InChI=1S/C21H26F2N3P/c1-3-5-18(16-6-4-7-20(21(22,23)27)24-11-10-16)25-14(2)26-19-13-15-8-9-17(19)12-15/h3-7,15-17,19,24,26H,2,8-9,12-13,27H2,1H3/b5-3-,6-4?,20-7-,25-18?. The molecule has 3 nitrogen and oxygen atoms in total. The molecule has 5 atom stereocenters. The first-order valence-corrected chi connectivity index (χ1v) is 9.93. The molecule has 0 aromatic carbocycles. The zero-order valence-electron chi connectivity index (χ0n) is 15.5. The van der Waals surface area contributed by atoms with Crippen molar-refractivity contribution >= 4 is 15.0 Å². The number of halogens is 2. The van der Waals surface area contributed by atoms with Crippen molar-refractivity contribution in [2.75, 3.05) is 0 Å². The van der Waals surface area contributed by atoms with E-state index in [1.807, 2.05) is 19.1 Å². The van der Waals surface area contributed by atoms with E-state index in [0.717, 1.165) is 17.5 Å². The van der Waals surface area contributed by atoms with Crippen LogP contribution in [0.2, 0.25) is 0 Å². The Balaban J connectivity index is 1.71. The van der Waals surface area contributed by atoms with Gasteiger partial charge in [-0.1, -0.05) is 46.4 Å². The molecule has 144 valence electrons. The first kappa shape index (κ1) is 19.8. The fraction of sp³-hybridized carbons (Fsp3) is 0.476. The van der Waals surface area contributed by atoms with Gasteiger partial charge in [-0.15, -0.1) is 0 Å². The fourth-order valence-electron chi connectivity index (χ4n) is 4.11. The van der Waals surface area contributed by atoms with Crippen molar-refractivity contribution in [1.29, 1.82) is 0 Å². The summed E-state index contributed by atoms with van der Waals surface area (Å²) in [6, 6.07) is 3.08. The maximum Gasteiger partial charge on any atom is 0.298 e. The molecule has 2 N–H and O–H groups in total. The zero-order chi connectivity index (χ0) is 19.4. The van der Waals surface area contributed by atoms with Gasteiger partial charge in [0.25, 0.3) is 5.66 Å². The van der Waals surface area contributed by atoms with Crippen LogP contribution in [0, 0.1) is 29.7 Å². The van der Waals surface area contributed by atoms with Gasteiger partial charge in [0, 0.05) is 12.1 Å². The van der Waals surface area contributed by atoms with Crippen LogP contribution >= 0.6 is 9.24 Å². The number of hydrogen-bond donors (Lipinski definition) is 2. The first-order valence-electron chi connectivity index (χ1n) is 9.35. The molecule has 2 saturated carbocycles. The van der Waals surface area contributed by atoms with Crippen LogP contribution in [0.4, 0.5) is 8.78 Å². The summed E-state index contributed by atoms with van der Waals surface area (Å²) in [6.07, 6.45) is 13.6. The average Bonchev–Trinajstić information content (AvgIpc) is 3.16. The lowest BCUT2D eigenvalue weighted by atomic mass is 9.95. The van der Waals surface area contributed by atoms with Gasteiger partial charge in [0.05, 0.1) is 17.3 Å². The molecule has 27 heavy (non-hydrogen) atoms. The first-order chi connectivity index (χ1) is 12.9. The number of aliphatic imine (C=N–C) groups is 1. The van der Waals surface area contributed by atoms with Gasteiger partial charge in [-0.05, 0) is 50.2 Å². The third kappa shape index (κ3) is 5.08. The van der Waals surface area contributed by atoms with Gasteiger partial charge in [0.2, 0.25) is 0 Å². The lowest BCUT2D eigenvalue weighted by Crippen LogP contribution is -2.32. The fourth-order valence-corrected chi connectivity index (χ4v) is 4.27. The zero-order valence-corrected chi connectivity index (χ0v) is 16.7. The number of hydrogen-bond acceptors (Lipinski definition) is 3. The highest BCUT2D eigenvalue weighted by atomic mass is 31.0. The summed E-state index contributed by atoms with van der Waals surface area (Å²) in [4.78, 5) is 4.65. The van der Waals surface area contributed by atoms with Gasteiger partial charge in [0.15, 0.2) is 0 Å². The van der Waals surface area contributed by atoms with Crippen LogP contribution in [-0.4, -0.2) is 17.4 Å². The van der Waals surface area contributed by atoms with E-state index in [1.165, 1.54) is 41.0 Å². The Morgan fingerprint density at radius 3 is 2.89 bits per heavy atom. The molecule has 6 heteroatoms. The molecule has 1 heterocycles. The number of allylic oxidation sites excluding steroid dienone is 6. The molecule has 2 aliphatic carbocycles. The maximum absolute atomic E-state index is 13.4. The number of alkyl halides is 2. The minimum atomic E-state index is -3.04. The van der Waals surface area contributed by atoms with Crippen molar-refractivity contribution < 1.29 is 8.78 Å². The van der Waals surface area contributed by atoms with E-state index in [-0.39, 0.29) is 11.6 Å². The SMILES string of the molecule is C=C(N=C(/C=C\C)C1C#CN/C(C(F)(F)P)=C\C=C1)NC1CC2CCC1C2. The molecule has 3 aliphatic rings. The summed E-state index contributed by atoms with van der Waals surface area (Å²) < 4.78 is 26.8. The molecule has 0 aromatic heterocycles. The quantitative estimate of drug-likeness (QED) is 0.403. The molecule has 0 aromatic rings. The van der Waals surface area contributed by atoms with Crippen molar-refractivity contribution in [1.82, 2.24) is 10.6 Å². The molecule has 0 saturated heterocycles. The minimum Gasteiger partial charge on any atom is -0.368 e. The molecule has 0 radical (unpaired) electrons. The van der Waals surface area contributed by atoms with Crippen molar-refractivity contribution in [2.45, 2.75) is 44.3 Å². The van der Waals surface area contributed by atoms with E-state index in [4.69, 9.17) is 0 Å². The summed E-state index contributed by atoms with van der Waals surface area (Å²) in [5.74, 6) is 4.87. The van der Waals surface area contributed by atoms with Gasteiger partial charge in [-0.25, -0.2) is 4.99 Å². The Morgan fingerprint density at radius 1 is 1.44 bits per heavy atom. The molecule has 0 amide bonds. The van der Waals surface area contributed by atoms with Crippen molar-refractivity contribution in [3.8, 4) is 12.0 Å². The molecular formula is C21H26F2N3P.